The normalized spacial score (nSPS) is 23.9. The van der Waals surface area contributed by atoms with E-state index >= 15 is 0 Å². The molecule has 2 rings (SSSR count). The number of nitrogens with zero attached hydrogens (tertiary/aromatic N) is 3. The quantitative estimate of drug-likeness (QED) is 0.835. The Hall–Kier alpha value is -1.69. The fourth-order valence-corrected chi connectivity index (χ4v) is 2.39. The largest absolute Gasteiger partial charge is 0.372 e. The van der Waals surface area contributed by atoms with Crippen LogP contribution in [0.2, 0.25) is 0 Å². The third-order valence-electron chi connectivity index (χ3n) is 3.57. The molecule has 2 heterocycles. The molecule has 2 atom stereocenters. The fourth-order valence-electron chi connectivity index (χ4n) is 2.39. The molecule has 0 saturated carbocycles. The van der Waals surface area contributed by atoms with Crippen molar-refractivity contribution in [3.63, 3.8) is 0 Å². The third-order valence-corrected chi connectivity index (χ3v) is 3.57. The van der Waals surface area contributed by atoms with Crippen molar-refractivity contribution in [2.24, 2.45) is 5.92 Å². The maximum absolute atomic E-state index is 12.1. The lowest BCUT2D eigenvalue weighted by Gasteiger charge is -2.35. The van der Waals surface area contributed by atoms with Crippen LogP contribution in [-0.2, 0) is 0 Å². The van der Waals surface area contributed by atoms with E-state index in [-0.39, 0.29) is 11.9 Å². The molecule has 1 amide bonds. The van der Waals surface area contributed by atoms with Gasteiger partial charge in [-0.1, -0.05) is 6.92 Å². The maximum atomic E-state index is 12.1. The molecule has 104 valence electrons. The monoisotopic (exact) mass is 263 g/mol. The van der Waals surface area contributed by atoms with E-state index < -0.39 is 0 Å². The molecule has 0 spiro atoms. The SMILES string of the molecule is CNc1cnc(C(=O)NC2CCN(C)CC2C)cn1. The lowest BCUT2D eigenvalue weighted by molar-refractivity contribution is 0.0878. The second-order valence-electron chi connectivity index (χ2n) is 5.15. The van der Waals surface area contributed by atoms with Crippen LogP contribution in [0.4, 0.5) is 5.82 Å². The van der Waals surface area contributed by atoms with Crippen molar-refractivity contribution in [2.45, 2.75) is 19.4 Å². The van der Waals surface area contributed by atoms with Crippen LogP contribution in [0.5, 0.6) is 0 Å². The van der Waals surface area contributed by atoms with Gasteiger partial charge in [-0.25, -0.2) is 9.97 Å². The van der Waals surface area contributed by atoms with Crippen molar-refractivity contribution in [2.75, 3.05) is 32.5 Å². The predicted octanol–water partition coefficient (Wildman–Crippen LogP) is 0.588. The van der Waals surface area contributed by atoms with Crippen LogP contribution in [0.25, 0.3) is 0 Å². The molecular weight excluding hydrogens is 242 g/mol. The Morgan fingerprint density at radius 3 is 2.79 bits per heavy atom. The molecular formula is C13H21N5O. The van der Waals surface area contributed by atoms with E-state index in [9.17, 15) is 4.79 Å². The summed E-state index contributed by atoms with van der Waals surface area (Å²) in [5, 5.41) is 5.93. The molecule has 0 radical (unpaired) electrons. The van der Waals surface area contributed by atoms with Gasteiger partial charge in [0.1, 0.15) is 11.5 Å². The van der Waals surface area contributed by atoms with Crippen LogP contribution in [0.15, 0.2) is 12.4 Å². The lowest BCUT2D eigenvalue weighted by Crippen LogP contribution is -2.49. The zero-order valence-electron chi connectivity index (χ0n) is 11.7. The molecule has 19 heavy (non-hydrogen) atoms. The molecule has 1 aromatic heterocycles. The minimum Gasteiger partial charge on any atom is -0.372 e. The van der Waals surface area contributed by atoms with E-state index in [1.165, 1.54) is 6.20 Å². The topological polar surface area (TPSA) is 70.2 Å². The van der Waals surface area contributed by atoms with Crippen molar-refractivity contribution in [1.82, 2.24) is 20.2 Å². The minimum atomic E-state index is -0.142. The van der Waals surface area contributed by atoms with Crippen molar-refractivity contribution < 1.29 is 4.79 Å². The Balaban J connectivity index is 1.96. The summed E-state index contributed by atoms with van der Waals surface area (Å²) in [6.45, 7) is 4.19. The van der Waals surface area contributed by atoms with Gasteiger partial charge in [-0.05, 0) is 25.9 Å². The van der Waals surface area contributed by atoms with Gasteiger partial charge in [0.25, 0.3) is 5.91 Å². The van der Waals surface area contributed by atoms with Gasteiger partial charge in [0.05, 0.1) is 12.4 Å². The Bertz CT molecular complexity index is 433. The van der Waals surface area contributed by atoms with E-state index in [2.05, 4.69) is 39.5 Å². The summed E-state index contributed by atoms with van der Waals surface area (Å²) >= 11 is 0. The number of rotatable bonds is 3. The standard InChI is InChI=1S/C13H21N5O/c1-9-8-18(3)5-4-10(9)17-13(19)11-6-16-12(14-2)7-15-11/h6-7,9-10H,4-5,8H2,1-3H3,(H,14,16)(H,17,19). The molecule has 1 aliphatic heterocycles. The molecule has 2 N–H and O–H groups in total. The van der Waals surface area contributed by atoms with Crippen LogP contribution in [-0.4, -0.2) is 54.0 Å². The van der Waals surface area contributed by atoms with Crippen LogP contribution in [0.1, 0.15) is 23.8 Å². The molecule has 1 aromatic rings. The Labute approximate surface area is 113 Å². The highest BCUT2D eigenvalue weighted by atomic mass is 16.1. The van der Waals surface area contributed by atoms with Gasteiger partial charge in [-0.2, -0.15) is 0 Å². The van der Waals surface area contributed by atoms with Gasteiger partial charge in [-0.3, -0.25) is 4.79 Å². The fraction of sp³-hybridized carbons (Fsp3) is 0.615. The number of aromatic nitrogens is 2. The predicted molar refractivity (Wildman–Crippen MR) is 74.1 cm³/mol. The molecule has 0 aliphatic carbocycles. The van der Waals surface area contributed by atoms with E-state index in [4.69, 9.17) is 0 Å². The number of hydrogen-bond donors (Lipinski definition) is 2. The smallest absolute Gasteiger partial charge is 0.271 e. The molecule has 0 bridgehead atoms. The average molecular weight is 263 g/mol. The molecule has 1 aliphatic rings. The molecule has 6 nitrogen and oxygen atoms in total. The molecule has 1 fully saturated rings. The zero-order valence-corrected chi connectivity index (χ0v) is 11.7. The van der Waals surface area contributed by atoms with Gasteiger partial charge in [0, 0.05) is 19.6 Å². The number of hydrogen-bond acceptors (Lipinski definition) is 5. The molecule has 2 unspecified atom stereocenters. The molecule has 6 heteroatoms. The first-order chi connectivity index (χ1) is 9.10. The van der Waals surface area contributed by atoms with E-state index in [0.717, 1.165) is 19.5 Å². The Morgan fingerprint density at radius 2 is 2.21 bits per heavy atom. The van der Waals surface area contributed by atoms with Gasteiger partial charge in [-0.15, -0.1) is 0 Å². The second kappa shape index (κ2) is 5.97. The van der Waals surface area contributed by atoms with Gasteiger partial charge in [0.2, 0.25) is 0 Å². The van der Waals surface area contributed by atoms with E-state index in [1.54, 1.807) is 13.2 Å². The number of carbonyl (C=O) groups is 1. The van der Waals surface area contributed by atoms with Crippen LogP contribution >= 0.6 is 0 Å². The first-order valence-electron chi connectivity index (χ1n) is 6.59. The van der Waals surface area contributed by atoms with Crippen LogP contribution in [0, 0.1) is 5.92 Å². The van der Waals surface area contributed by atoms with E-state index in [0.29, 0.717) is 17.4 Å². The zero-order chi connectivity index (χ0) is 13.8. The maximum Gasteiger partial charge on any atom is 0.271 e. The van der Waals surface area contributed by atoms with Crippen molar-refractivity contribution in [3.05, 3.63) is 18.1 Å². The highest BCUT2D eigenvalue weighted by Gasteiger charge is 2.26. The number of anilines is 1. The highest BCUT2D eigenvalue weighted by Crippen LogP contribution is 2.15. The van der Waals surface area contributed by atoms with Crippen molar-refractivity contribution >= 4 is 11.7 Å². The second-order valence-corrected chi connectivity index (χ2v) is 5.15. The Kier molecular flexibility index (Phi) is 4.31. The first kappa shape index (κ1) is 13.7. The van der Waals surface area contributed by atoms with Crippen molar-refractivity contribution in [3.8, 4) is 0 Å². The number of amides is 1. The average Bonchev–Trinajstić information content (AvgIpc) is 2.42. The summed E-state index contributed by atoms with van der Waals surface area (Å²) in [7, 11) is 3.88. The minimum absolute atomic E-state index is 0.142. The summed E-state index contributed by atoms with van der Waals surface area (Å²) < 4.78 is 0. The summed E-state index contributed by atoms with van der Waals surface area (Å²) in [5.41, 5.74) is 0.366. The highest BCUT2D eigenvalue weighted by molar-refractivity contribution is 5.92. The summed E-state index contributed by atoms with van der Waals surface area (Å²) in [6, 6.07) is 0.217. The first-order valence-corrected chi connectivity index (χ1v) is 6.59. The van der Waals surface area contributed by atoms with Gasteiger partial charge in [0.15, 0.2) is 0 Å². The summed E-state index contributed by atoms with van der Waals surface area (Å²) in [5.74, 6) is 0.966. The van der Waals surface area contributed by atoms with Gasteiger partial charge < -0.3 is 15.5 Å². The van der Waals surface area contributed by atoms with Gasteiger partial charge >= 0.3 is 0 Å². The Morgan fingerprint density at radius 1 is 1.42 bits per heavy atom. The van der Waals surface area contributed by atoms with Crippen LogP contribution in [0.3, 0.4) is 0 Å². The van der Waals surface area contributed by atoms with Crippen LogP contribution < -0.4 is 10.6 Å². The van der Waals surface area contributed by atoms with E-state index in [1.807, 2.05) is 0 Å². The summed E-state index contributed by atoms with van der Waals surface area (Å²) in [4.78, 5) is 22.6. The summed E-state index contributed by atoms with van der Waals surface area (Å²) in [6.07, 6.45) is 4.04. The number of nitrogens with one attached hydrogen (secondary N) is 2. The molecule has 1 saturated heterocycles. The molecule has 0 aromatic carbocycles. The van der Waals surface area contributed by atoms with Crippen molar-refractivity contribution in [1.29, 1.82) is 0 Å². The third kappa shape index (κ3) is 3.41. The number of piperidine rings is 1. The number of carbonyl (C=O) groups excluding carboxylic acids is 1. The number of likely N-dealkylation sites (tertiary alicyclic amines) is 1. The lowest BCUT2D eigenvalue weighted by atomic mass is 9.94.